The number of hydrogen-bond donors (Lipinski definition) is 1. The number of hydrogen-bond acceptors (Lipinski definition) is 2. The number of para-hydroxylation sites is 2. The van der Waals surface area contributed by atoms with Crippen LogP contribution in [0.5, 0.6) is 0 Å². The molecule has 1 N–H and O–H groups in total. The van der Waals surface area contributed by atoms with E-state index >= 15 is 0 Å². The Hall–Kier alpha value is -2.62. The van der Waals surface area contributed by atoms with Crippen LogP contribution in [0, 0.1) is 5.92 Å². The van der Waals surface area contributed by atoms with E-state index in [1.165, 1.54) is 0 Å². The summed E-state index contributed by atoms with van der Waals surface area (Å²) in [6.45, 7) is 4.58. The quantitative estimate of drug-likeness (QED) is 0.903. The molecule has 1 aliphatic heterocycles. The molecule has 2 amide bonds. The third-order valence-corrected chi connectivity index (χ3v) is 4.82. The Morgan fingerprint density at radius 1 is 1.04 bits per heavy atom. The van der Waals surface area contributed by atoms with Crippen LogP contribution in [0.15, 0.2) is 48.5 Å². The van der Waals surface area contributed by atoms with Gasteiger partial charge in [-0.15, -0.1) is 0 Å². The number of benzene rings is 2. The summed E-state index contributed by atoms with van der Waals surface area (Å²) in [5.74, 6) is -0.377. The number of aryl methyl sites for hydroxylation is 2. The van der Waals surface area contributed by atoms with Crippen LogP contribution in [0.3, 0.4) is 0 Å². The Bertz CT molecular complexity index is 785. The lowest BCUT2D eigenvalue weighted by atomic mass is 10.1. The highest BCUT2D eigenvalue weighted by Gasteiger charge is 2.35. The highest BCUT2D eigenvalue weighted by atomic mass is 16.2. The molecular weight excluding hydrogens is 312 g/mol. The molecule has 25 heavy (non-hydrogen) atoms. The number of anilines is 2. The van der Waals surface area contributed by atoms with Crippen LogP contribution in [0.4, 0.5) is 11.4 Å². The van der Waals surface area contributed by atoms with E-state index < -0.39 is 0 Å². The summed E-state index contributed by atoms with van der Waals surface area (Å²) < 4.78 is 0. The van der Waals surface area contributed by atoms with E-state index in [9.17, 15) is 9.59 Å². The summed E-state index contributed by atoms with van der Waals surface area (Å²) in [4.78, 5) is 26.9. The van der Waals surface area contributed by atoms with Crippen molar-refractivity contribution in [1.82, 2.24) is 0 Å². The van der Waals surface area contributed by atoms with Gasteiger partial charge in [0.05, 0.1) is 5.92 Å². The fraction of sp³-hybridized carbons (Fsp3) is 0.333. The Labute approximate surface area is 148 Å². The Kier molecular flexibility index (Phi) is 5.17. The van der Waals surface area contributed by atoms with E-state index in [2.05, 4.69) is 19.2 Å². The van der Waals surface area contributed by atoms with Gasteiger partial charge in [-0.2, -0.15) is 0 Å². The zero-order valence-electron chi connectivity index (χ0n) is 14.8. The molecule has 2 aromatic carbocycles. The molecule has 130 valence electrons. The van der Waals surface area contributed by atoms with Crippen molar-refractivity contribution in [3.8, 4) is 0 Å². The summed E-state index contributed by atoms with van der Waals surface area (Å²) in [5.41, 5.74) is 4.01. The van der Waals surface area contributed by atoms with Crippen LogP contribution in [0.1, 0.15) is 31.4 Å². The Balaban J connectivity index is 1.75. The van der Waals surface area contributed by atoms with Crippen molar-refractivity contribution in [2.75, 3.05) is 16.8 Å². The first-order chi connectivity index (χ1) is 12.1. The molecule has 1 unspecified atom stereocenters. The molecule has 1 aliphatic rings. The molecule has 1 heterocycles. The second-order valence-electron chi connectivity index (χ2n) is 6.39. The first-order valence-electron chi connectivity index (χ1n) is 8.91. The molecule has 2 aromatic rings. The molecular formula is C21H24N2O2. The van der Waals surface area contributed by atoms with Gasteiger partial charge in [0.2, 0.25) is 11.8 Å². The maximum Gasteiger partial charge on any atom is 0.229 e. The third-order valence-electron chi connectivity index (χ3n) is 4.82. The van der Waals surface area contributed by atoms with Gasteiger partial charge in [0, 0.05) is 24.3 Å². The van der Waals surface area contributed by atoms with Crippen molar-refractivity contribution in [2.45, 2.75) is 33.1 Å². The van der Waals surface area contributed by atoms with Crippen LogP contribution in [0.2, 0.25) is 0 Å². The molecule has 1 atom stereocenters. The second kappa shape index (κ2) is 7.51. The predicted molar refractivity (Wildman–Crippen MR) is 101 cm³/mol. The normalized spacial score (nSPS) is 17.0. The fourth-order valence-corrected chi connectivity index (χ4v) is 3.37. The smallest absolute Gasteiger partial charge is 0.229 e. The van der Waals surface area contributed by atoms with Crippen LogP contribution >= 0.6 is 0 Å². The molecule has 0 aliphatic carbocycles. The van der Waals surface area contributed by atoms with Gasteiger partial charge in [0.15, 0.2) is 0 Å². The number of nitrogens with zero attached hydrogens (tertiary/aromatic N) is 1. The third kappa shape index (κ3) is 3.58. The van der Waals surface area contributed by atoms with Crippen molar-refractivity contribution in [1.29, 1.82) is 0 Å². The molecule has 3 rings (SSSR count). The van der Waals surface area contributed by atoms with Gasteiger partial charge in [0.25, 0.3) is 0 Å². The lowest BCUT2D eigenvalue weighted by Gasteiger charge is -2.20. The molecule has 4 heteroatoms. The number of nitrogens with one attached hydrogen (secondary N) is 1. The van der Waals surface area contributed by atoms with Gasteiger partial charge < -0.3 is 10.2 Å². The number of carbonyl (C=O) groups is 2. The fourth-order valence-electron chi connectivity index (χ4n) is 3.37. The molecule has 4 nitrogen and oxygen atoms in total. The first-order valence-corrected chi connectivity index (χ1v) is 8.91. The molecule has 0 aromatic heterocycles. The SMILES string of the molecule is CCc1ccccc1NC(=O)C1CC(=O)N(c2ccccc2CC)C1. The summed E-state index contributed by atoms with van der Waals surface area (Å²) in [6.07, 6.45) is 1.98. The first kappa shape index (κ1) is 17.2. The summed E-state index contributed by atoms with van der Waals surface area (Å²) in [6, 6.07) is 15.7. The topological polar surface area (TPSA) is 49.4 Å². The van der Waals surface area contributed by atoms with Crippen molar-refractivity contribution in [3.63, 3.8) is 0 Å². The van der Waals surface area contributed by atoms with E-state index in [1.54, 1.807) is 4.90 Å². The van der Waals surface area contributed by atoms with Gasteiger partial charge in [0.1, 0.15) is 0 Å². The van der Waals surface area contributed by atoms with Crippen LogP contribution in [0.25, 0.3) is 0 Å². The molecule has 1 saturated heterocycles. The molecule has 0 saturated carbocycles. The standard InChI is InChI=1S/C21H24N2O2/c1-3-15-9-5-7-11-18(15)22-21(25)17-13-20(24)23(14-17)19-12-8-6-10-16(19)4-2/h5-12,17H,3-4,13-14H2,1-2H3,(H,22,25). The van der Waals surface area contributed by atoms with Gasteiger partial charge >= 0.3 is 0 Å². The van der Waals surface area contributed by atoms with Gasteiger partial charge in [-0.1, -0.05) is 50.2 Å². The zero-order valence-corrected chi connectivity index (χ0v) is 14.8. The van der Waals surface area contributed by atoms with E-state index in [0.29, 0.717) is 6.54 Å². The monoisotopic (exact) mass is 336 g/mol. The summed E-state index contributed by atoms with van der Waals surface area (Å²) in [5, 5.41) is 3.01. The predicted octanol–water partition coefficient (Wildman–Crippen LogP) is 3.80. The van der Waals surface area contributed by atoms with E-state index in [4.69, 9.17) is 0 Å². The minimum absolute atomic E-state index is 0.0184. The van der Waals surface area contributed by atoms with Crippen molar-refractivity contribution in [2.24, 2.45) is 5.92 Å². The van der Waals surface area contributed by atoms with Gasteiger partial charge in [-0.3, -0.25) is 9.59 Å². The second-order valence-corrected chi connectivity index (χ2v) is 6.39. The zero-order chi connectivity index (χ0) is 17.8. The maximum absolute atomic E-state index is 12.7. The minimum Gasteiger partial charge on any atom is -0.326 e. The van der Waals surface area contributed by atoms with Gasteiger partial charge in [-0.25, -0.2) is 0 Å². The minimum atomic E-state index is -0.317. The van der Waals surface area contributed by atoms with Crippen LogP contribution < -0.4 is 10.2 Å². The molecule has 0 bridgehead atoms. The number of rotatable bonds is 5. The van der Waals surface area contributed by atoms with Crippen LogP contribution in [-0.2, 0) is 22.4 Å². The largest absolute Gasteiger partial charge is 0.326 e. The van der Waals surface area contributed by atoms with Crippen LogP contribution in [-0.4, -0.2) is 18.4 Å². The number of amides is 2. The highest BCUT2D eigenvalue weighted by molar-refractivity contribution is 6.04. The highest BCUT2D eigenvalue weighted by Crippen LogP contribution is 2.29. The van der Waals surface area contributed by atoms with E-state index in [-0.39, 0.29) is 24.2 Å². The molecule has 0 radical (unpaired) electrons. The number of carbonyl (C=O) groups excluding carboxylic acids is 2. The lowest BCUT2D eigenvalue weighted by Crippen LogP contribution is -2.29. The van der Waals surface area contributed by atoms with E-state index in [0.717, 1.165) is 35.3 Å². The van der Waals surface area contributed by atoms with Crippen molar-refractivity contribution in [3.05, 3.63) is 59.7 Å². The lowest BCUT2D eigenvalue weighted by molar-refractivity contribution is -0.122. The average Bonchev–Trinajstić information content (AvgIpc) is 3.03. The molecule has 0 spiro atoms. The van der Waals surface area contributed by atoms with Crippen molar-refractivity contribution >= 4 is 23.2 Å². The van der Waals surface area contributed by atoms with Gasteiger partial charge in [-0.05, 0) is 36.1 Å². The summed E-state index contributed by atoms with van der Waals surface area (Å²) >= 11 is 0. The molecule has 1 fully saturated rings. The summed E-state index contributed by atoms with van der Waals surface area (Å²) in [7, 11) is 0. The average molecular weight is 336 g/mol. The Morgan fingerprint density at radius 2 is 1.68 bits per heavy atom. The Morgan fingerprint density at radius 3 is 2.40 bits per heavy atom. The van der Waals surface area contributed by atoms with Crippen molar-refractivity contribution < 1.29 is 9.59 Å². The maximum atomic E-state index is 12.7. The van der Waals surface area contributed by atoms with E-state index in [1.807, 2.05) is 48.5 Å².